The zero-order valence-corrected chi connectivity index (χ0v) is 12.1. The van der Waals surface area contributed by atoms with Crippen molar-refractivity contribution in [3.8, 4) is 0 Å². The number of nitrogens with one attached hydrogen (secondary N) is 2. The Balaban J connectivity index is 0.00000162. The summed E-state index contributed by atoms with van der Waals surface area (Å²) in [5, 5.41) is 6.36. The van der Waals surface area contributed by atoms with Gasteiger partial charge >= 0.3 is 0 Å². The molecule has 2 aliphatic rings. The van der Waals surface area contributed by atoms with Gasteiger partial charge in [-0.1, -0.05) is 32.1 Å². The summed E-state index contributed by atoms with van der Waals surface area (Å²) in [5.74, 6) is 1.16. The van der Waals surface area contributed by atoms with Crippen molar-refractivity contribution >= 4 is 18.3 Å². The molecule has 2 rings (SSSR count). The topological polar surface area (TPSA) is 41.1 Å². The zero-order valence-electron chi connectivity index (χ0n) is 11.2. The number of piperidine rings is 1. The van der Waals surface area contributed by atoms with Gasteiger partial charge in [0.2, 0.25) is 5.91 Å². The smallest absolute Gasteiger partial charge is 0.237 e. The highest BCUT2D eigenvalue weighted by Crippen LogP contribution is 2.28. The molecule has 1 saturated heterocycles. The van der Waals surface area contributed by atoms with Crippen LogP contribution >= 0.6 is 12.4 Å². The fourth-order valence-electron chi connectivity index (χ4n) is 3.10. The highest BCUT2D eigenvalue weighted by molar-refractivity contribution is 5.85. The number of hydrogen-bond donors (Lipinski definition) is 2. The maximum atomic E-state index is 11.8. The number of hydrogen-bond acceptors (Lipinski definition) is 2. The lowest BCUT2D eigenvalue weighted by atomic mass is 10.0. The van der Waals surface area contributed by atoms with Crippen LogP contribution < -0.4 is 10.6 Å². The summed E-state index contributed by atoms with van der Waals surface area (Å²) < 4.78 is 0. The quantitative estimate of drug-likeness (QED) is 0.757. The highest BCUT2D eigenvalue weighted by atomic mass is 35.5. The van der Waals surface area contributed by atoms with Gasteiger partial charge in [0, 0.05) is 6.54 Å². The van der Waals surface area contributed by atoms with Gasteiger partial charge in [0.05, 0.1) is 6.04 Å². The van der Waals surface area contributed by atoms with E-state index in [0.717, 1.165) is 31.8 Å². The second kappa shape index (κ2) is 8.76. The summed E-state index contributed by atoms with van der Waals surface area (Å²) in [4.78, 5) is 11.8. The summed E-state index contributed by atoms with van der Waals surface area (Å²) >= 11 is 0. The summed E-state index contributed by atoms with van der Waals surface area (Å²) in [6.07, 6.45) is 11.5. The minimum atomic E-state index is 0. The van der Waals surface area contributed by atoms with Crippen molar-refractivity contribution in [3.05, 3.63) is 0 Å². The third-order valence-electron chi connectivity index (χ3n) is 4.19. The third-order valence-corrected chi connectivity index (χ3v) is 4.19. The number of carbonyl (C=O) groups is 1. The molecule has 0 spiro atoms. The van der Waals surface area contributed by atoms with Gasteiger partial charge in [0.25, 0.3) is 0 Å². The van der Waals surface area contributed by atoms with Crippen LogP contribution in [0.2, 0.25) is 0 Å². The van der Waals surface area contributed by atoms with Gasteiger partial charge in [-0.15, -0.1) is 12.4 Å². The normalized spacial score (nSPS) is 24.6. The Morgan fingerprint density at radius 2 is 1.83 bits per heavy atom. The van der Waals surface area contributed by atoms with Crippen molar-refractivity contribution in [1.82, 2.24) is 10.6 Å². The summed E-state index contributed by atoms with van der Waals surface area (Å²) in [6.45, 7) is 1.87. The minimum Gasteiger partial charge on any atom is -0.355 e. The van der Waals surface area contributed by atoms with Crippen molar-refractivity contribution in [2.45, 2.75) is 63.8 Å². The Labute approximate surface area is 117 Å². The first-order chi connectivity index (χ1) is 8.36. The van der Waals surface area contributed by atoms with Gasteiger partial charge in [-0.05, 0) is 38.1 Å². The van der Waals surface area contributed by atoms with Gasteiger partial charge in [0.15, 0.2) is 0 Å². The molecule has 1 atom stereocenters. The molecule has 18 heavy (non-hydrogen) atoms. The van der Waals surface area contributed by atoms with Crippen LogP contribution in [0.4, 0.5) is 0 Å². The van der Waals surface area contributed by atoms with E-state index >= 15 is 0 Å². The van der Waals surface area contributed by atoms with E-state index in [9.17, 15) is 4.79 Å². The maximum absolute atomic E-state index is 11.8. The molecule has 0 aromatic carbocycles. The molecule has 3 nitrogen and oxygen atoms in total. The van der Waals surface area contributed by atoms with Crippen LogP contribution in [0.1, 0.15) is 57.8 Å². The average molecular weight is 275 g/mol. The molecule has 1 aliphatic carbocycles. The fraction of sp³-hybridized carbons (Fsp3) is 0.929. The first-order valence-electron chi connectivity index (χ1n) is 7.37. The minimum absolute atomic E-state index is 0. The predicted molar refractivity (Wildman–Crippen MR) is 77.1 cm³/mol. The Hall–Kier alpha value is -0.280. The number of amides is 1. The lowest BCUT2D eigenvalue weighted by Crippen LogP contribution is -2.46. The van der Waals surface area contributed by atoms with Crippen LogP contribution in [0.15, 0.2) is 0 Å². The van der Waals surface area contributed by atoms with E-state index in [1.165, 1.54) is 44.9 Å². The van der Waals surface area contributed by atoms with Crippen molar-refractivity contribution in [3.63, 3.8) is 0 Å². The standard InChI is InChI=1S/C14H26N2O.ClH/c17-14(13-9-3-4-10-15-13)16-11-5-8-12-6-1-2-7-12;/h12-13,15H,1-11H2,(H,16,17);1H. The number of halogens is 1. The van der Waals surface area contributed by atoms with Crippen LogP contribution in [0.3, 0.4) is 0 Å². The Kier molecular flexibility index (Phi) is 7.68. The lowest BCUT2D eigenvalue weighted by Gasteiger charge is -2.22. The molecule has 0 aromatic heterocycles. The number of carbonyl (C=O) groups excluding carboxylic acids is 1. The lowest BCUT2D eigenvalue weighted by molar-refractivity contribution is -0.123. The second-order valence-corrected chi connectivity index (χ2v) is 5.59. The van der Waals surface area contributed by atoms with Gasteiger partial charge in [0.1, 0.15) is 0 Å². The van der Waals surface area contributed by atoms with Crippen LogP contribution in [0.5, 0.6) is 0 Å². The molecule has 0 aromatic rings. The van der Waals surface area contributed by atoms with Gasteiger partial charge in [-0.25, -0.2) is 0 Å². The molecule has 106 valence electrons. The van der Waals surface area contributed by atoms with E-state index in [1.54, 1.807) is 0 Å². The number of rotatable bonds is 5. The molecular weight excluding hydrogens is 248 g/mol. The van der Waals surface area contributed by atoms with Crippen LogP contribution in [-0.4, -0.2) is 25.0 Å². The van der Waals surface area contributed by atoms with Gasteiger partial charge in [-0.2, -0.15) is 0 Å². The molecule has 0 bridgehead atoms. The van der Waals surface area contributed by atoms with Crippen molar-refractivity contribution in [2.24, 2.45) is 5.92 Å². The molecule has 0 radical (unpaired) electrons. The van der Waals surface area contributed by atoms with Crippen molar-refractivity contribution in [1.29, 1.82) is 0 Å². The molecule has 1 aliphatic heterocycles. The van der Waals surface area contributed by atoms with E-state index < -0.39 is 0 Å². The maximum Gasteiger partial charge on any atom is 0.237 e. The van der Waals surface area contributed by atoms with Gasteiger partial charge in [-0.3, -0.25) is 4.79 Å². The van der Waals surface area contributed by atoms with Crippen LogP contribution in [0.25, 0.3) is 0 Å². The highest BCUT2D eigenvalue weighted by Gasteiger charge is 2.20. The fourth-order valence-corrected chi connectivity index (χ4v) is 3.10. The average Bonchev–Trinajstić information content (AvgIpc) is 2.88. The van der Waals surface area contributed by atoms with E-state index in [-0.39, 0.29) is 24.4 Å². The third kappa shape index (κ3) is 5.15. The second-order valence-electron chi connectivity index (χ2n) is 5.59. The monoisotopic (exact) mass is 274 g/mol. The summed E-state index contributed by atoms with van der Waals surface area (Å²) in [7, 11) is 0. The molecule has 2 fully saturated rings. The molecular formula is C14H27ClN2O. The Bertz CT molecular complexity index is 236. The van der Waals surface area contributed by atoms with E-state index in [1.807, 2.05) is 0 Å². The van der Waals surface area contributed by atoms with E-state index in [2.05, 4.69) is 10.6 Å². The molecule has 2 N–H and O–H groups in total. The first kappa shape index (κ1) is 15.8. The first-order valence-corrected chi connectivity index (χ1v) is 7.37. The molecule has 1 unspecified atom stereocenters. The van der Waals surface area contributed by atoms with Crippen molar-refractivity contribution < 1.29 is 4.79 Å². The Morgan fingerprint density at radius 3 is 2.50 bits per heavy atom. The molecule has 4 heteroatoms. The van der Waals surface area contributed by atoms with Gasteiger partial charge < -0.3 is 10.6 Å². The zero-order chi connectivity index (χ0) is 11.9. The van der Waals surface area contributed by atoms with Crippen molar-refractivity contribution in [2.75, 3.05) is 13.1 Å². The van der Waals surface area contributed by atoms with E-state index in [0.29, 0.717) is 0 Å². The molecule has 1 amide bonds. The molecule has 1 saturated carbocycles. The largest absolute Gasteiger partial charge is 0.355 e. The van der Waals surface area contributed by atoms with Crippen LogP contribution in [0, 0.1) is 5.92 Å². The summed E-state index contributed by atoms with van der Waals surface area (Å²) in [6, 6.07) is 0.0789. The SMILES string of the molecule is Cl.O=C(NCCCC1CCCC1)C1CCCCN1. The Morgan fingerprint density at radius 1 is 1.11 bits per heavy atom. The summed E-state index contributed by atoms with van der Waals surface area (Å²) in [5.41, 5.74) is 0. The van der Waals surface area contributed by atoms with Crippen LogP contribution in [-0.2, 0) is 4.79 Å². The molecule has 1 heterocycles. The van der Waals surface area contributed by atoms with E-state index in [4.69, 9.17) is 0 Å². The predicted octanol–water partition coefficient (Wildman–Crippen LogP) is 2.64.